The van der Waals surface area contributed by atoms with E-state index >= 15 is 0 Å². The van der Waals surface area contributed by atoms with Gasteiger partial charge in [-0.3, -0.25) is 0 Å². The lowest BCUT2D eigenvalue weighted by molar-refractivity contribution is 0.552. The largest absolute Gasteiger partial charge is 0.327 e. The van der Waals surface area contributed by atoms with E-state index in [1.807, 2.05) is 19.1 Å². The van der Waals surface area contributed by atoms with Gasteiger partial charge in [-0.2, -0.15) is 0 Å². The van der Waals surface area contributed by atoms with Crippen molar-refractivity contribution < 1.29 is 8.42 Å². The Morgan fingerprint density at radius 3 is 2.84 bits per heavy atom. The van der Waals surface area contributed by atoms with Gasteiger partial charge in [-0.1, -0.05) is 31.2 Å². The van der Waals surface area contributed by atoms with Gasteiger partial charge in [0.25, 0.3) is 0 Å². The molecule has 19 heavy (non-hydrogen) atoms. The zero-order valence-corrected chi connectivity index (χ0v) is 12.3. The van der Waals surface area contributed by atoms with E-state index in [9.17, 15) is 8.42 Å². The number of benzene rings is 1. The van der Waals surface area contributed by atoms with Crippen LogP contribution in [0.1, 0.15) is 43.2 Å². The molecular weight excluding hydrogens is 258 g/mol. The van der Waals surface area contributed by atoms with Crippen LogP contribution in [0.5, 0.6) is 0 Å². The van der Waals surface area contributed by atoms with Gasteiger partial charge < -0.3 is 5.73 Å². The molecule has 2 rings (SSSR count). The Balaban J connectivity index is 2.12. The minimum Gasteiger partial charge on any atom is -0.327 e. The van der Waals surface area contributed by atoms with Crippen LogP contribution in [0.2, 0.25) is 0 Å². The van der Waals surface area contributed by atoms with Crippen molar-refractivity contribution in [1.82, 2.24) is 0 Å². The molecule has 4 heteroatoms. The van der Waals surface area contributed by atoms with Crippen LogP contribution in [-0.4, -0.2) is 26.0 Å². The molecule has 1 aromatic carbocycles. The van der Waals surface area contributed by atoms with Gasteiger partial charge in [-0.25, -0.2) is 8.42 Å². The summed E-state index contributed by atoms with van der Waals surface area (Å²) in [5.41, 5.74) is 8.32. The van der Waals surface area contributed by atoms with E-state index in [1.54, 1.807) is 0 Å². The Kier molecular flexibility index (Phi) is 4.63. The lowest BCUT2D eigenvalue weighted by Crippen LogP contribution is -2.32. The van der Waals surface area contributed by atoms with Gasteiger partial charge in [0.05, 0.1) is 11.5 Å². The molecule has 0 spiro atoms. The fourth-order valence-electron chi connectivity index (χ4n) is 2.85. The molecular formula is C15H23NO2S. The van der Waals surface area contributed by atoms with Crippen molar-refractivity contribution in [1.29, 1.82) is 0 Å². The molecule has 1 aliphatic carbocycles. The molecule has 2 N–H and O–H groups in total. The Bertz CT molecular complexity index is 525. The highest BCUT2D eigenvalue weighted by Crippen LogP contribution is 2.32. The van der Waals surface area contributed by atoms with E-state index in [0.29, 0.717) is 6.42 Å². The van der Waals surface area contributed by atoms with Crippen LogP contribution in [0.25, 0.3) is 0 Å². The third-order valence-corrected chi connectivity index (χ3v) is 5.79. The number of hydrogen-bond acceptors (Lipinski definition) is 3. The maximum Gasteiger partial charge on any atom is 0.152 e. The highest BCUT2D eigenvalue weighted by Gasteiger charge is 2.26. The summed E-state index contributed by atoms with van der Waals surface area (Å²) in [6.45, 7) is 1.93. The molecule has 3 nitrogen and oxygen atoms in total. The van der Waals surface area contributed by atoms with Gasteiger partial charge in [0.1, 0.15) is 0 Å². The van der Waals surface area contributed by atoms with Crippen molar-refractivity contribution in [3.8, 4) is 0 Å². The Labute approximate surface area is 116 Å². The second-order valence-electron chi connectivity index (χ2n) is 5.53. The first-order valence-corrected chi connectivity index (χ1v) is 8.88. The third-order valence-electron chi connectivity index (χ3n) is 3.94. The fourth-order valence-corrected chi connectivity index (χ4v) is 4.83. The van der Waals surface area contributed by atoms with Gasteiger partial charge >= 0.3 is 0 Å². The zero-order valence-electron chi connectivity index (χ0n) is 11.5. The smallest absolute Gasteiger partial charge is 0.152 e. The predicted octanol–water partition coefficient (Wildman–Crippen LogP) is 2.26. The van der Waals surface area contributed by atoms with E-state index in [-0.39, 0.29) is 23.5 Å². The lowest BCUT2D eigenvalue weighted by atomic mass is 9.84. The normalized spacial score (nSPS) is 20.8. The summed E-state index contributed by atoms with van der Waals surface area (Å²) < 4.78 is 24.4. The number of hydrogen-bond donors (Lipinski definition) is 1. The molecule has 0 radical (unpaired) electrons. The standard InChI is InChI=1S/C15H23NO2S/c1-2-14(16)11-19(17,18)10-13-8-5-7-12-6-3-4-9-15(12)13/h3-4,6,9,13-14H,2,5,7-8,10-11,16H2,1H3. The number of rotatable bonds is 5. The van der Waals surface area contributed by atoms with Crippen molar-refractivity contribution in [2.24, 2.45) is 5.73 Å². The number of sulfone groups is 1. The molecule has 0 heterocycles. The maximum atomic E-state index is 12.2. The van der Waals surface area contributed by atoms with Gasteiger partial charge in [-0.05, 0) is 42.7 Å². The summed E-state index contributed by atoms with van der Waals surface area (Å²) in [7, 11) is -3.06. The molecule has 0 aromatic heterocycles. The molecule has 0 saturated carbocycles. The van der Waals surface area contributed by atoms with Crippen molar-refractivity contribution in [3.05, 3.63) is 35.4 Å². The summed E-state index contributed by atoms with van der Waals surface area (Å²) in [5, 5.41) is 0. The first kappa shape index (κ1) is 14.5. The summed E-state index contributed by atoms with van der Waals surface area (Å²) in [5.74, 6) is 0.513. The fraction of sp³-hybridized carbons (Fsp3) is 0.600. The van der Waals surface area contributed by atoms with Crippen molar-refractivity contribution in [2.45, 2.75) is 44.6 Å². The SMILES string of the molecule is CCC(N)CS(=O)(=O)CC1CCCc2ccccc21. The lowest BCUT2D eigenvalue weighted by Gasteiger charge is -2.25. The van der Waals surface area contributed by atoms with Crippen molar-refractivity contribution in [3.63, 3.8) is 0 Å². The van der Waals surface area contributed by atoms with Gasteiger partial charge in [0.15, 0.2) is 9.84 Å². The molecule has 0 amide bonds. The van der Waals surface area contributed by atoms with E-state index < -0.39 is 9.84 Å². The molecule has 1 aliphatic rings. The molecule has 106 valence electrons. The molecule has 2 unspecified atom stereocenters. The molecule has 0 saturated heterocycles. The highest BCUT2D eigenvalue weighted by molar-refractivity contribution is 7.91. The first-order valence-electron chi connectivity index (χ1n) is 7.05. The molecule has 0 fully saturated rings. The van der Waals surface area contributed by atoms with Gasteiger partial charge in [0, 0.05) is 6.04 Å². The third kappa shape index (κ3) is 3.80. The second kappa shape index (κ2) is 6.06. The van der Waals surface area contributed by atoms with Crippen LogP contribution >= 0.6 is 0 Å². The van der Waals surface area contributed by atoms with Crippen LogP contribution in [0.3, 0.4) is 0 Å². The van der Waals surface area contributed by atoms with Crippen LogP contribution < -0.4 is 5.73 Å². The molecule has 0 bridgehead atoms. The van der Waals surface area contributed by atoms with Gasteiger partial charge in [0.2, 0.25) is 0 Å². The Hall–Kier alpha value is -0.870. The number of fused-ring (bicyclic) bond motifs is 1. The van der Waals surface area contributed by atoms with Crippen LogP contribution in [0.15, 0.2) is 24.3 Å². The van der Waals surface area contributed by atoms with Crippen molar-refractivity contribution >= 4 is 9.84 Å². The molecule has 2 atom stereocenters. The van der Waals surface area contributed by atoms with E-state index in [4.69, 9.17) is 5.73 Å². The van der Waals surface area contributed by atoms with Crippen LogP contribution in [0, 0.1) is 0 Å². The number of nitrogens with two attached hydrogens (primary N) is 1. The quantitative estimate of drug-likeness (QED) is 0.900. The van der Waals surface area contributed by atoms with Crippen molar-refractivity contribution in [2.75, 3.05) is 11.5 Å². The Morgan fingerprint density at radius 2 is 2.11 bits per heavy atom. The molecule has 0 aliphatic heterocycles. The summed E-state index contributed by atoms with van der Waals surface area (Å²) in [6, 6.07) is 7.99. The average Bonchev–Trinajstić information content (AvgIpc) is 2.38. The van der Waals surface area contributed by atoms with Crippen LogP contribution in [-0.2, 0) is 16.3 Å². The van der Waals surface area contributed by atoms with Crippen LogP contribution in [0.4, 0.5) is 0 Å². The second-order valence-corrected chi connectivity index (χ2v) is 7.69. The van der Waals surface area contributed by atoms with E-state index in [1.165, 1.54) is 11.1 Å². The monoisotopic (exact) mass is 281 g/mol. The van der Waals surface area contributed by atoms with E-state index in [2.05, 4.69) is 12.1 Å². The first-order chi connectivity index (χ1) is 9.02. The zero-order chi connectivity index (χ0) is 13.9. The van der Waals surface area contributed by atoms with E-state index in [0.717, 1.165) is 19.3 Å². The molecule has 1 aromatic rings. The maximum absolute atomic E-state index is 12.2. The summed E-state index contributed by atoms with van der Waals surface area (Å²) >= 11 is 0. The summed E-state index contributed by atoms with van der Waals surface area (Å²) in [6.07, 6.45) is 3.83. The average molecular weight is 281 g/mol. The van der Waals surface area contributed by atoms with Gasteiger partial charge in [-0.15, -0.1) is 0 Å². The summed E-state index contributed by atoms with van der Waals surface area (Å²) in [4.78, 5) is 0. The topological polar surface area (TPSA) is 60.2 Å². The highest BCUT2D eigenvalue weighted by atomic mass is 32.2. The Morgan fingerprint density at radius 1 is 1.37 bits per heavy atom. The predicted molar refractivity (Wildman–Crippen MR) is 79.0 cm³/mol. The number of aryl methyl sites for hydroxylation is 1. The minimum absolute atomic E-state index is 0.113. The minimum atomic E-state index is -3.06.